The number of sulfonamides is 1. The van der Waals surface area contributed by atoms with Crippen molar-refractivity contribution in [3.8, 4) is 0 Å². The Morgan fingerprint density at radius 2 is 2.00 bits per heavy atom. The molecule has 0 radical (unpaired) electrons. The smallest absolute Gasteiger partial charge is 0.243 e. The van der Waals surface area contributed by atoms with Gasteiger partial charge in [0.2, 0.25) is 15.9 Å². The van der Waals surface area contributed by atoms with Crippen LogP contribution < -0.4 is 9.62 Å². The van der Waals surface area contributed by atoms with Crippen LogP contribution in [0.15, 0.2) is 24.3 Å². The maximum Gasteiger partial charge on any atom is 0.243 e. The molecule has 0 saturated carbocycles. The molecule has 0 bridgehead atoms. The molecular weight excluding hydrogens is 350 g/mol. The van der Waals surface area contributed by atoms with Gasteiger partial charge in [-0.25, -0.2) is 8.42 Å². The third-order valence-electron chi connectivity index (χ3n) is 3.47. The van der Waals surface area contributed by atoms with E-state index in [4.69, 9.17) is 11.6 Å². The lowest BCUT2D eigenvalue weighted by Gasteiger charge is -2.30. The monoisotopic (exact) mass is 375 g/mol. The summed E-state index contributed by atoms with van der Waals surface area (Å²) in [5.74, 6) is -0.304. The molecule has 1 amide bonds. The van der Waals surface area contributed by atoms with Crippen molar-refractivity contribution in [1.82, 2.24) is 10.2 Å². The predicted octanol–water partition coefficient (Wildman–Crippen LogP) is 1.95. The number of carbonyl (C=O) groups excluding carboxylic acids is 1. The minimum Gasteiger partial charge on any atom is -0.354 e. The number of hydrogen-bond donors (Lipinski definition) is 1. The maximum absolute atomic E-state index is 12.5. The van der Waals surface area contributed by atoms with Gasteiger partial charge in [-0.2, -0.15) is 0 Å². The topological polar surface area (TPSA) is 69.7 Å². The molecule has 0 aliphatic rings. The fourth-order valence-corrected chi connectivity index (χ4v) is 3.79. The van der Waals surface area contributed by atoms with Crippen molar-refractivity contribution in [2.24, 2.45) is 0 Å². The molecular formula is C16H26ClN3O3S. The van der Waals surface area contributed by atoms with Crippen LogP contribution in [0.5, 0.6) is 0 Å². The van der Waals surface area contributed by atoms with E-state index in [2.05, 4.69) is 5.32 Å². The van der Waals surface area contributed by atoms with Crippen LogP contribution in [0, 0.1) is 0 Å². The van der Waals surface area contributed by atoms with Crippen LogP contribution in [0.25, 0.3) is 0 Å². The Labute approximate surface area is 149 Å². The molecule has 8 heteroatoms. The Hall–Kier alpha value is -1.31. The molecule has 24 heavy (non-hydrogen) atoms. The lowest BCUT2D eigenvalue weighted by molar-refractivity contribution is -0.122. The number of nitrogens with one attached hydrogen (secondary N) is 1. The van der Waals surface area contributed by atoms with Gasteiger partial charge < -0.3 is 10.2 Å². The third-order valence-corrected chi connectivity index (χ3v) is 4.89. The summed E-state index contributed by atoms with van der Waals surface area (Å²) in [5.41, 5.74) is 0.389. The van der Waals surface area contributed by atoms with Gasteiger partial charge in [0.1, 0.15) is 6.04 Å². The average Bonchev–Trinajstić information content (AvgIpc) is 2.47. The fraction of sp³-hybridized carbons (Fsp3) is 0.562. The number of nitrogens with zero attached hydrogens (tertiary/aromatic N) is 2. The Morgan fingerprint density at radius 3 is 2.50 bits per heavy atom. The van der Waals surface area contributed by atoms with Crippen molar-refractivity contribution in [3.63, 3.8) is 0 Å². The van der Waals surface area contributed by atoms with E-state index in [1.807, 2.05) is 19.0 Å². The second kappa shape index (κ2) is 9.25. The lowest BCUT2D eigenvalue weighted by atomic mass is 10.2. The van der Waals surface area contributed by atoms with E-state index in [1.165, 1.54) is 0 Å². The summed E-state index contributed by atoms with van der Waals surface area (Å²) in [6.45, 7) is 3.13. The van der Waals surface area contributed by atoms with Gasteiger partial charge in [-0.05, 0) is 51.7 Å². The summed E-state index contributed by atoms with van der Waals surface area (Å²) in [4.78, 5) is 14.5. The van der Waals surface area contributed by atoms with E-state index in [-0.39, 0.29) is 5.91 Å². The van der Waals surface area contributed by atoms with Crippen LogP contribution in [0.3, 0.4) is 0 Å². The number of benzene rings is 1. The molecule has 1 atom stereocenters. The number of rotatable bonds is 9. The summed E-state index contributed by atoms with van der Waals surface area (Å²) in [5, 5.41) is 3.24. The SMILES string of the molecule is CC[C@H](C(=O)NCCCN(C)C)N(c1cccc(Cl)c1)S(C)(=O)=O. The standard InChI is InChI=1S/C16H26ClN3O3S/c1-5-15(16(21)18-10-7-11-19(2)3)20(24(4,22)23)14-9-6-8-13(17)12-14/h6,8-9,12,15H,5,7,10-11H2,1-4H3,(H,18,21)/t15-/m1/s1. The van der Waals surface area contributed by atoms with Crippen molar-refractivity contribution >= 4 is 33.2 Å². The molecule has 0 aliphatic carbocycles. The zero-order valence-electron chi connectivity index (χ0n) is 14.6. The first-order valence-electron chi connectivity index (χ1n) is 7.84. The average molecular weight is 376 g/mol. The quantitative estimate of drug-likeness (QED) is 0.670. The van der Waals surface area contributed by atoms with Gasteiger partial charge in [0.05, 0.1) is 11.9 Å². The van der Waals surface area contributed by atoms with E-state index in [0.717, 1.165) is 23.5 Å². The molecule has 0 heterocycles. The third kappa shape index (κ3) is 6.30. The largest absolute Gasteiger partial charge is 0.354 e. The predicted molar refractivity (Wildman–Crippen MR) is 99.0 cm³/mol. The molecule has 0 aromatic heterocycles. The molecule has 1 N–H and O–H groups in total. The van der Waals surface area contributed by atoms with Crippen molar-refractivity contribution in [2.45, 2.75) is 25.8 Å². The molecule has 136 valence electrons. The van der Waals surface area contributed by atoms with Crippen LogP contribution >= 0.6 is 11.6 Å². The van der Waals surface area contributed by atoms with Crippen LogP contribution in [0.2, 0.25) is 5.02 Å². The first-order valence-corrected chi connectivity index (χ1v) is 10.1. The Bertz CT molecular complexity index is 650. The summed E-state index contributed by atoms with van der Waals surface area (Å²) >= 11 is 5.97. The molecule has 0 unspecified atom stereocenters. The summed E-state index contributed by atoms with van der Waals surface area (Å²) in [6.07, 6.45) is 2.25. The molecule has 0 fully saturated rings. The molecule has 1 aromatic rings. The second-order valence-electron chi connectivity index (χ2n) is 5.91. The van der Waals surface area contributed by atoms with Crippen LogP contribution in [0.1, 0.15) is 19.8 Å². The van der Waals surface area contributed by atoms with Crippen LogP contribution in [0.4, 0.5) is 5.69 Å². The molecule has 1 rings (SSSR count). The van der Waals surface area contributed by atoms with Crippen molar-refractivity contribution in [1.29, 1.82) is 0 Å². The highest BCUT2D eigenvalue weighted by Gasteiger charge is 2.31. The number of anilines is 1. The Morgan fingerprint density at radius 1 is 1.33 bits per heavy atom. The van der Waals surface area contributed by atoms with Crippen molar-refractivity contribution < 1.29 is 13.2 Å². The number of carbonyl (C=O) groups is 1. The first kappa shape index (κ1) is 20.7. The van der Waals surface area contributed by atoms with Crippen LogP contribution in [-0.4, -0.2) is 58.7 Å². The van der Waals surface area contributed by atoms with Gasteiger partial charge >= 0.3 is 0 Å². The number of amides is 1. The highest BCUT2D eigenvalue weighted by atomic mass is 35.5. The van der Waals surface area contributed by atoms with Crippen molar-refractivity contribution in [2.75, 3.05) is 37.7 Å². The summed E-state index contributed by atoms with van der Waals surface area (Å²) < 4.78 is 25.7. The first-order chi connectivity index (χ1) is 11.2. The van der Waals surface area contributed by atoms with E-state index in [9.17, 15) is 13.2 Å². The van der Waals surface area contributed by atoms with Crippen LogP contribution in [-0.2, 0) is 14.8 Å². The zero-order chi connectivity index (χ0) is 18.3. The molecule has 1 aromatic carbocycles. The summed E-state index contributed by atoms with van der Waals surface area (Å²) in [6, 6.07) is 5.70. The van der Waals surface area contributed by atoms with Gasteiger partial charge in [-0.3, -0.25) is 9.10 Å². The minimum atomic E-state index is -3.63. The van der Waals surface area contributed by atoms with E-state index in [1.54, 1.807) is 31.2 Å². The van der Waals surface area contributed by atoms with E-state index >= 15 is 0 Å². The normalized spacial score (nSPS) is 12.9. The van der Waals surface area contributed by atoms with Crippen molar-refractivity contribution in [3.05, 3.63) is 29.3 Å². The highest BCUT2D eigenvalue weighted by Crippen LogP contribution is 2.25. The van der Waals surface area contributed by atoms with Gasteiger partial charge in [0.15, 0.2) is 0 Å². The minimum absolute atomic E-state index is 0.304. The number of hydrogen-bond acceptors (Lipinski definition) is 4. The van der Waals surface area contributed by atoms with Gasteiger partial charge in [-0.1, -0.05) is 24.6 Å². The highest BCUT2D eigenvalue weighted by molar-refractivity contribution is 7.92. The number of halogens is 1. The molecule has 0 saturated heterocycles. The molecule has 6 nitrogen and oxygen atoms in total. The van der Waals surface area contributed by atoms with Gasteiger partial charge in [0, 0.05) is 11.6 Å². The van der Waals surface area contributed by atoms with Gasteiger partial charge in [-0.15, -0.1) is 0 Å². The van der Waals surface area contributed by atoms with E-state index in [0.29, 0.717) is 23.7 Å². The van der Waals surface area contributed by atoms with Gasteiger partial charge in [0.25, 0.3) is 0 Å². The fourth-order valence-electron chi connectivity index (χ4n) is 2.40. The zero-order valence-corrected chi connectivity index (χ0v) is 16.2. The Balaban J connectivity index is 2.96. The lowest BCUT2D eigenvalue weighted by Crippen LogP contribution is -2.49. The Kier molecular flexibility index (Phi) is 7.99. The maximum atomic E-state index is 12.5. The summed E-state index contributed by atoms with van der Waals surface area (Å²) in [7, 11) is 0.290. The second-order valence-corrected chi connectivity index (χ2v) is 8.21. The molecule has 0 spiro atoms. The molecule has 0 aliphatic heterocycles. The van der Waals surface area contributed by atoms with E-state index < -0.39 is 16.1 Å².